The molecule has 0 heterocycles. The average Bonchev–Trinajstić information content (AvgIpc) is 2.99. The fraction of sp³-hybridized carbons (Fsp3) is 0.278. The summed E-state index contributed by atoms with van der Waals surface area (Å²) in [5.74, 6) is 0. The van der Waals surface area contributed by atoms with Crippen LogP contribution < -0.4 is 0 Å². The Labute approximate surface area is 162 Å². The molecule has 0 saturated carbocycles. The molecule has 0 bridgehead atoms. The maximum Gasteiger partial charge on any atom is -0.0809 e. The van der Waals surface area contributed by atoms with Crippen LogP contribution >= 0.6 is 24.8 Å². The van der Waals surface area contributed by atoms with E-state index in [4.69, 9.17) is 0 Å². The van der Waals surface area contributed by atoms with E-state index in [9.17, 15) is 0 Å². The predicted molar refractivity (Wildman–Crippen MR) is 102 cm³/mol. The van der Waals surface area contributed by atoms with E-state index in [1.807, 2.05) is 0 Å². The second kappa shape index (κ2) is 13.4. The van der Waals surface area contributed by atoms with E-state index in [0.29, 0.717) is 0 Å². The Morgan fingerprint density at radius 1 is 1.09 bits per heavy atom. The first-order valence-electron chi connectivity index (χ1n) is 6.87. The summed E-state index contributed by atoms with van der Waals surface area (Å²) < 4.78 is 0. The van der Waals surface area contributed by atoms with Crippen molar-refractivity contribution in [3.63, 3.8) is 0 Å². The van der Waals surface area contributed by atoms with Crippen LogP contribution in [0.1, 0.15) is 20.3 Å². The van der Waals surface area contributed by atoms with Crippen molar-refractivity contribution in [1.82, 2.24) is 0 Å². The molecule has 118 valence electrons. The van der Waals surface area contributed by atoms with Gasteiger partial charge in [0, 0.05) is 0 Å². The molecule has 22 heavy (non-hydrogen) atoms. The van der Waals surface area contributed by atoms with E-state index in [1.54, 1.807) is 23.3 Å². The minimum Gasteiger partial charge on any atom is -0.168 e. The smallest absolute Gasteiger partial charge is 0.0809 e. The second-order valence-electron chi connectivity index (χ2n) is 5.05. The maximum absolute atomic E-state index is 3.19. The fourth-order valence-corrected chi connectivity index (χ4v) is 1.72. The molecular formula is C18H24Cl2SiZr. The molecular weight excluding hydrogens is 406 g/mol. The molecule has 0 unspecified atom stereocenters. The number of hydrogen-bond donors (Lipinski definition) is 0. The van der Waals surface area contributed by atoms with Gasteiger partial charge in [0.05, 0.1) is 0 Å². The van der Waals surface area contributed by atoms with Gasteiger partial charge in [-0.3, -0.25) is 6.08 Å². The maximum atomic E-state index is 3.19. The van der Waals surface area contributed by atoms with Gasteiger partial charge in [-0.05, 0) is 0 Å². The van der Waals surface area contributed by atoms with Gasteiger partial charge in [0.25, 0.3) is 0 Å². The molecule has 0 N–H and O–H groups in total. The molecule has 2 aromatic rings. The molecule has 0 aromatic heterocycles. The molecule has 0 spiro atoms. The number of halogens is 2. The average molecular weight is 431 g/mol. The standard InChI is InChI=1S/C9H7.C7H9.C2H6Si.2ClH.Zr/c1-2-5-9-7-3-6-8(9)4-1;1-6-4-3-5-7(6)2;1-3-2;;;/h1-7H;4H,3H2,1-2H3;1-2H3;2*1H;/q2*-1;;;;+2. The SMILES string of the molecule is CC1=[C-]CC=C1C.C[Si](C)=[Zr+2].Cl.Cl.c1ccc2[cH-]ccc2c1. The summed E-state index contributed by atoms with van der Waals surface area (Å²) in [6, 6.07) is 14.7. The van der Waals surface area contributed by atoms with E-state index in [0.717, 1.165) is 6.42 Å². The zero-order chi connectivity index (χ0) is 15.0. The van der Waals surface area contributed by atoms with Crippen LogP contribution in [0.5, 0.6) is 0 Å². The van der Waals surface area contributed by atoms with Crippen molar-refractivity contribution >= 4 is 41.0 Å². The Bertz CT molecular complexity index is 577. The number of rotatable bonds is 0. The van der Waals surface area contributed by atoms with Crippen LogP contribution in [0.15, 0.2) is 59.7 Å². The molecule has 0 fully saturated rings. The number of fused-ring (bicyclic) bond motifs is 1. The molecule has 0 radical (unpaired) electrons. The van der Waals surface area contributed by atoms with Crippen molar-refractivity contribution in [2.45, 2.75) is 33.4 Å². The molecule has 0 aliphatic heterocycles. The van der Waals surface area contributed by atoms with E-state index in [1.165, 1.54) is 21.9 Å². The monoisotopic (exact) mass is 428 g/mol. The van der Waals surface area contributed by atoms with Gasteiger partial charge in [-0.1, -0.05) is 13.0 Å². The third kappa shape index (κ3) is 9.90. The van der Waals surface area contributed by atoms with Gasteiger partial charge in [0.15, 0.2) is 0 Å². The molecule has 1 aliphatic carbocycles. The third-order valence-electron chi connectivity index (χ3n) is 2.91. The van der Waals surface area contributed by atoms with Gasteiger partial charge in [0.1, 0.15) is 0 Å². The largest absolute Gasteiger partial charge is 0.168 e. The quantitative estimate of drug-likeness (QED) is 0.341. The third-order valence-corrected chi connectivity index (χ3v) is 2.91. The number of benzene rings is 1. The van der Waals surface area contributed by atoms with Gasteiger partial charge >= 0.3 is 41.9 Å². The minimum absolute atomic E-state index is 0. The van der Waals surface area contributed by atoms with Crippen molar-refractivity contribution in [2.75, 3.05) is 0 Å². The fourth-order valence-electron chi connectivity index (χ4n) is 1.72. The van der Waals surface area contributed by atoms with Crippen molar-refractivity contribution in [3.8, 4) is 0 Å². The van der Waals surface area contributed by atoms with Crippen LogP contribution in [0, 0.1) is 6.08 Å². The Kier molecular flexibility index (Phi) is 14.8. The zero-order valence-corrected chi connectivity index (χ0v) is 18.7. The summed E-state index contributed by atoms with van der Waals surface area (Å²) in [7, 11) is 0. The van der Waals surface area contributed by atoms with Gasteiger partial charge in [-0.25, -0.2) is 11.1 Å². The summed E-state index contributed by atoms with van der Waals surface area (Å²) in [6.45, 7) is 8.83. The van der Waals surface area contributed by atoms with Gasteiger partial charge < -0.3 is 0 Å². The van der Waals surface area contributed by atoms with E-state index >= 15 is 0 Å². The minimum atomic E-state index is 0. The van der Waals surface area contributed by atoms with E-state index in [2.05, 4.69) is 81.6 Å². The molecule has 0 atom stereocenters. The first-order chi connectivity index (χ1) is 9.50. The molecule has 4 heteroatoms. The van der Waals surface area contributed by atoms with Crippen molar-refractivity contribution in [1.29, 1.82) is 0 Å². The van der Waals surface area contributed by atoms with E-state index < -0.39 is 0 Å². The topological polar surface area (TPSA) is 0 Å². The molecule has 2 aromatic carbocycles. The summed E-state index contributed by atoms with van der Waals surface area (Å²) >= 11 is 1.74. The van der Waals surface area contributed by atoms with Crippen molar-refractivity contribution in [2.24, 2.45) is 0 Å². The Balaban J connectivity index is 0. The normalized spacial score (nSPS) is 11.5. The van der Waals surface area contributed by atoms with Crippen LogP contribution in [0.25, 0.3) is 10.8 Å². The first-order valence-corrected chi connectivity index (χ1v) is 13.1. The summed E-state index contributed by atoms with van der Waals surface area (Å²) in [4.78, 5) is 0. The molecule has 3 rings (SSSR count). The van der Waals surface area contributed by atoms with Crippen LogP contribution in [0.3, 0.4) is 0 Å². The van der Waals surface area contributed by atoms with Crippen molar-refractivity contribution in [3.05, 3.63) is 65.8 Å². The molecule has 0 saturated heterocycles. The Morgan fingerprint density at radius 2 is 1.68 bits per heavy atom. The zero-order valence-electron chi connectivity index (χ0n) is 13.6. The van der Waals surface area contributed by atoms with Crippen LogP contribution in [0.2, 0.25) is 13.1 Å². The molecule has 1 aliphatic rings. The summed E-state index contributed by atoms with van der Waals surface area (Å²) in [6.07, 6.45) is 6.41. The van der Waals surface area contributed by atoms with Crippen LogP contribution in [-0.2, 0) is 23.3 Å². The van der Waals surface area contributed by atoms with Gasteiger partial charge in [-0.15, -0.1) is 67.8 Å². The molecule has 0 amide bonds. The molecule has 0 nitrogen and oxygen atoms in total. The van der Waals surface area contributed by atoms with Gasteiger partial charge in [-0.2, -0.15) is 23.6 Å². The van der Waals surface area contributed by atoms with E-state index in [-0.39, 0.29) is 30.2 Å². The Hall–Kier alpha value is -0.0100. The van der Waals surface area contributed by atoms with Gasteiger partial charge in [0.2, 0.25) is 0 Å². The predicted octanol–water partition coefficient (Wildman–Crippen LogP) is 6.27. The van der Waals surface area contributed by atoms with Crippen LogP contribution in [-0.4, -0.2) is 5.43 Å². The summed E-state index contributed by atoms with van der Waals surface area (Å²) in [5.41, 5.74) is 2.92. The number of allylic oxidation sites excluding steroid dienone is 4. The van der Waals surface area contributed by atoms with Crippen molar-refractivity contribution < 1.29 is 23.3 Å². The number of hydrogen-bond acceptors (Lipinski definition) is 0. The summed E-state index contributed by atoms with van der Waals surface area (Å²) in [5, 5.41) is 2.66. The Morgan fingerprint density at radius 3 is 2.09 bits per heavy atom. The van der Waals surface area contributed by atoms with Crippen LogP contribution in [0.4, 0.5) is 0 Å². The second-order valence-corrected chi connectivity index (χ2v) is 14.4. The first kappa shape index (κ1) is 24.2.